The molecule has 6 rings (SSSR count). The first-order valence-electron chi connectivity index (χ1n) is 11.2. The second-order valence-electron chi connectivity index (χ2n) is 8.91. The number of thiazole rings is 1. The molecular weight excluding hydrogens is 668 g/mol. The average Bonchev–Trinajstić information content (AvgIpc) is 3.44. The van der Waals surface area contributed by atoms with Gasteiger partial charge in [0.25, 0.3) is 5.01 Å². The molecule has 3 aromatic rings. The summed E-state index contributed by atoms with van der Waals surface area (Å²) < 4.78 is 85.1. The Bertz CT molecular complexity index is 1710. The third kappa shape index (κ3) is 5.18. The number of hydrogen-bond acceptors (Lipinski definition) is 10. The molecule has 4 heterocycles. The number of benzene rings is 2. The number of nitrogens with zero attached hydrogens (tertiary/aromatic N) is 2. The summed E-state index contributed by atoms with van der Waals surface area (Å²) in [5.74, 6) is 0.646. The van der Waals surface area contributed by atoms with Gasteiger partial charge in [0.15, 0.2) is 44.3 Å². The molecule has 1 saturated heterocycles. The Balaban J connectivity index is 0.00000294. The summed E-state index contributed by atoms with van der Waals surface area (Å²) in [7, 11) is -8.98. The van der Waals surface area contributed by atoms with Gasteiger partial charge < -0.3 is 18.6 Å². The maximum atomic E-state index is 12.3. The van der Waals surface area contributed by atoms with Crippen LogP contribution in [-0.4, -0.2) is 50.4 Å². The first kappa shape index (κ1) is 29.4. The number of rotatable bonds is 6. The van der Waals surface area contributed by atoms with Crippen LogP contribution in [-0.2, 0) is 26.8 Å². The number of aryl methyl sites for hydroxylation is 1. The number of fused-ring (bicyclic) bond motifs is 4. The predicted octanol–water partition coefficient (Wildman–Crippen LogP) is 0.306. The molecule has 1 aromatic heterocycles. The van der Waals surface area contributed by atoms with Gasteiger partial charge in [-0.2, -0.15) is 4.57 Å². The zero-order chi connectivity index (χ0) is 26.2. The van der Waals surface area contributed by atoms with E-state index in [0.717, 1.165) is 30.3 Å². The van der Waals surface area contributed by atoms with Crippen LogP contribution in [0.2, 0.25) is 0 Å². The van der Waals surface area contributed by atoms with Crippen LogP contribution in [0.25, 0.3) is 16.3 Å². The normalized spacial score (nSPS) is 23.0. The molecule has 3 aliphatic rings. The Morgan fingerprint density at radius 3 is 2.53 bits per heavy atom. The molecule has 0 aliphatic carbocycles. The Hall–Kier alpha value is -0.0836. The van der Waals surface area contributed by atoms with E-state index in [-0.39, 0.29) is 82.0 Å². The van der Waals surface area contributed by atoms with Crippen molar-refractivity contribution in [2.24, 2.45) is 0 Å². The molecular formula is C22H19BrKN2O8S4+. The Morgan fingerprint density at radius 2 is 1.87 bits per heavy atom. The summed E-state index contributed by atoms with van der Waals surface area (Å²) in [4.78, 5) is 0.869. The Labute approximate surface area is 278 Å². The maximum Gasteiger partial charge on any atom is 1.00 e. The van der Waals surface area contributed by atoms with Crippen molar-refractivity contribution in [2.45, 2.75) is 29.7 Å². The minimum absolute atomic E-state index is 0. The number of aromatic nitrogens is 1. The summed E-state index contributed by atoms with van der Waals surface area (Å²) in [6.07, 6.45) is 2.23. The second-order valence-corrected chi connectivity index (χ2v) is 15.0. The van der Waals surface area contributed by atoms with E-state index in [4.69, 9.17) is 9.47 Å². The van der Waals surface area contributed by atoms with Crippen LogP contribution in [0.4, 0.5) is 5.69 Å². The zero-order valence-corrected chi connectivity index (χ0v) is 27.9. The van der Waals surface area contributed by atoms with Gasteiger partial charge in [0.1, 0.15) is 4.70 Å². The molecule has 0 saturated carbocycles. The molecule has 3 aliphatic heterocycles. The monoisotopic (exact) mass is 685 g/mol. The van der Waals surface area contributed by atoms with Gasteiger partial charge in [0.2, 0.25) is 12.3 Å². The van der Waals surface area contributed by atoms with Crippen LogP contribution in [0, 0.1) is 0 Å². The molecule has 38 heavy (non-hydrogen) atoms. The maximum absolute atomic E-state index is 12.3. The van der Waals surface area contributed by atoms with Crippen molar-refractivity contribution in [3.05, 3.63) is 44.8 Å². The van der Waals surface area contributed by atoms with Crippen molar-refractivity contribution < 1.29 is 91.4 Å². The van der Waals surface area contributed by atoms with E-state index in [9.17, 15) is 25.9 Å². The van der Waals surface area contributed by atoms with Gasteiger partial charge in [-0.3, -0.25) is 0 Å². The minimum atomic E-state index is -4.60. The summed E-state index contributed by atoms with van der Waals surface area (Å²) in [6, 6.07) is 9.29. The van der Waals surface area contributed by atoms with Crippen molar-refractivity contribution in [3.8, 4) is 11.5 Å². The van der Waals surface area contributed by atoms with E-state index in [1.165, 1.54) is 23.1 Å². The number of quaternary nitrogens is 1. The number of hydrogen-bond donors (Lipinski definition) is 0. The summed E-state index contributed by atoms with van der Waals surface area (Å²) in [5.41, 5.74) is 1.53. The quantitative estimate of drug-likeness (QED) is 0.155. The fraction of sp³-hybridized carbons (Fsp3) is 0.318. The standard InChI is InChI=1S/C22H19BrN2O8S4.K/c23-13-2-3-18-15(8-13)25(6-4-22(25)37(29,30)31)21(35-18)11-20-24(5-1-7-36(26,27)28)14-9-16-17(33-12-32-16)10-19(14)34-20;/h2-3,8-11,22H,1,4-7,12H2;/q;+1. The van der Waals surface area contributed by atoms with Gasteiger partial charge in [0, 0.05) is 28.8 Å². The summed E-state index contributed by atoms with van der Waals surface area (Å²) in [6.45, 7) is 0.809. The first-order valence-corrected chi connectivity index (χ1v) is 16.7. The molecule has 2 aromatic carbocycles. The van der Waals surface area contributed by atoms with Crippen molar-refractivity contribution in [3.63, 3.8) is 0 Å². The van der Waals surface area contributed by atoms with Gasteiger partial charge in [0.05, 0.1) is 40.1 Å². The van der Waals surface area contributed by atoms with Gasteiger partial charge in [-0.15, -0.1) is 0 Å². The van der Waals surface area contributed by atoms with Crippen LogP contribution in [0.5, 0.6) is 11.5 Å². The van der Waals surface area contributed by atoms with Crippen LogP contribution < -0.4 is 69.9 Å². The van der Waals surface area contributed by atoms with Crippen LogP contribution in [0.3, 0.4) is 0 Å². The number of ether oxygens (including phenoxy) is 2. The Morgan fingerprint density at radius 1 is 1.13 bits per heavy atom. The number of halogens is 1. The van der Waals surface area contributed by atoms with Gasteiger partial charge in [-0.1, -0.05) is 27.3 Å². The summed E-state index contributed by atoms with van der Waals surface area (Å²) >= 11 is 6.31. The van der Waals surface area contributed by atoms with Gasteiger partial charge >= 0.3 is 51.4 Å². The zero-order valence-electron chi connectivity index (χ0n) is 20.0. The molecule has 1 fully saturated rings. The van der Waals surface area contributed by atoms with E-state index in [2.05, 4.69) is 15.9 Å². The molecule has 2 unspecified atom stereocenters. The van der Waals surface area contributed by atoms with Crippen molar-refractivity contribution >= 4 is 81.2 Å². The molecule has 0 radical (unpaired) electrons. The third-order valence-electron chi connectivity index (χ3n) is 6.76. The molecule has 16 heteroatoms. The minimum Gasteiger partial charge on any atom is -0.748 e. The van der Waals surface area contributed by atoms with Crippen molar-refractivity contribution in [2.75, 3.05) is 19.1 Å². The third-order valence-corrected chi connectivity index (χ3v) is 11.6. The van der Waals surface area contributed by atoms with E-state index in [0.29, 0.717) is 23.1 Å². The fourth-order valence-electron chi connectivity index (χ4n) is 5.07. The largest absolute Gasteiger partial charge is 1.00 e. The second kappa shape index (κ2) is 10.6. The molecule has 0 amide bonds. The SMILES string of the molecule is O=S(=O)([O-])CCC[n+]1c(C=C2Sc3ccc(Br)cc3[N+]23CCC3S(=O)(=O)[O-])sc2cc3c(cc21)OCO3.[K+]. The van der Waals surface area contributed by atoms with E-state index < -0.39 is 31.4 Å². The molecule has 0 N–H and O–H groups in total. The summed E-state index contributed by atoms with van der Waals surface area (Å²) in [5, 5.41) is 0.282. The smallest absolute Gasteiger partial charge is 0.748 e. The fourth-order valence-corrected chi connectivity index (χ4v) is 9.68. The molecule has 1 spiro atoms. The topological polar surface area (TPSA) is 137 Å². The molecule has 0 bridgehead atoms. The average molecular weight is 687 g/mol. The van der Waals surface area contributed by atoms with E-state index in [1.807, 2.05) is 41.0 Å². The molecule has 196 valence electrons. The van der Waals surface area contributed by atoms with Crippen LogP contribution in [0.15, 0.2) is 44.7 Å². The first-order chi connectivity index (χ1) is 17.5. The molecule has 10 nitrogen and oxygen atoms in total. The van der Waals surface area contributed by atoms with Crippen molar-refractivity contribution in [1.29, 1.82) is 0 Å². The Kier molecular flexibility index (Phi) is 8.23. The van der Waals surface area contributed by atoms with Crippen LogP contribution in [0.1, 0.15) is 17.8 Å². The van der Waals surface area contributed by atoms with Gasteiger partial charge in [-0.05, 0) is 23.9 Å². The van der Waals surface area contributed by atoms with Gasteiger partial charge in [-0.25, -0.2) is 21.3 Å². The van der Waals surface area contributed by atoms with Crippen molar-refractivity contribution in [1.82, 2.24) is 4.48 Å². The van der Waals surface area contributed by atoms with E-state index >= 15 is 0 Å². The van der Waals surface area contributed by atoms with E-state index in [1.54, 1.807) is 0 Å². The molecule has 2 atom stereocenters. The number of thioether (sulfide) groups is 1. The van der Waals surface area contributed by atoms with Crippen LogP contribution >= 0.6 is 39.0 Å². The predicted molar refractivity (Wildman–Crippen MR) is 140 cm³/mol.